The van der Waals surface area contributed by atoms with Gasteiger partial charge in [-0.1, -0.05) is 40.0 Å². The van der Waals surface area contributed by atoms with Crippen LogP contribution in [0.2, 0.25) is 15.1 Å². The highest BCUT2D eigenvalue weighted by Crippen LogP contribution is 2.40. The lowest BCUT2D eigenvalue weighted by Gasteiger charge is -2.11. The van der Waals surface area contributed by atoms with Gasteiger partial charge in [0.2, 0.25) is 0 Å². The maximum Gasteiger partial charge on any atom is 0.181 e. The molecule has 3 heterocycles. The molecule has 0 aliphatic heterocycles. The molecule has 0 spiro atoms. The van der Waals surface area contributed by atoms with E-state index < -0.39 is 0 Å². The zero-order chi connectivity index (χ0) is 21.5. The Morgan fingerprint density at radius 2 is 2.03 bits per heavy atom. The van der Waals surface area contributed by atoms with Gasteiger partial charge in [-0.2, -0.15) is 10.4 Å². The summed E-state index contributed by atoms with van der Waals surface area (Å²) in [6, 6.07) is 12.2. The van der Waals surface area contributed by atoms with E-state index in [4.69, 9.17) is 39.5 Å². The van der Waals surface area contributed by atoms with Gasteiger partial charge < -0.3 is 4.74 Å². The molecule has 3 aromatic heterocycles. The number of rotatable bonds is 4. The van der Waals surface area contributed by atoms with Gasteiger partial charge in [0.15, 0.2) is 16.9 Å². The number of nitriles is 1. The quantitative estimate of drug-likeness (QED) is 0.378. The van der Waals surface area contributed by atoms with E-state index in [0.29, 0.717) is 33.3 Å². The van der Waals surface area contributed by atoms with E-state index in [1.165, 1.54) is 12.1 Å². The summed E-state index contributed by atoms with van der Waals surface area (Å²) in [5.41, 5.74) is 2.77. The monoisotopic (exact) mass is 469 g/mol. The molecular weight excluding hydrogens is 461 g/mol. The Hall–Kier alpha value is -3.38. The first kappa shape index (κ1) is 19.6. The highest BCUT2D eigenvalue weighted by molar-refractivity contribution is 6.35. The molecule has 152 valence electrons. The van der Waals surface area contributed by atoms with Crippen molar-refractivity contribution in [3.8, 4) is 17.6 Å². The maximum atomic E-state index is 9.25. The van der Waals surface area contributed by atoms with E-state index in [-0.39, 0.29) is 22.1 Å². The van der Waals surface area contributed by atoms with Gasteiger partial charge in [0.25, 0.3) is 0 Å². The minimum atomic E-state index is 0.129. The lowest BCUT2D eigenvalue weighted by Crippen LogP contribution is -2.02. The van der Waals surface area contributed by atoms with E-state index >= 15 is 0 Å². The van der Waals surface area contributed by atoms with Crippen LogP contribution in [0.5, 0.6) is 11.5 Å². The number of ether oxygens (including phenoxy) is 1. The zero-order valence-corrected chi connectivity index (χ0v) is 17.7. The Kier molecular flexibility index (Phi) is 4.87. The molecule has 0 fully saturated rings. The van der Waals surface area contributed by atoms with Crippen molar-refractivity contribution >= 4 is 56.9 Å². The highest BCUT2D eigenvalue weighted by Gasteiger charge is 2.19. The normalized spacial score (nSPS) is 11.2. The Labute approximate surface area is 189 Å². The molecule has 0 saturated heterocycles. The van der Waals surface area contributed by atoms with Crippen LogP contribution in [-0.4, -0.2) is 30.2 Å². The highest BCUT2D eigenvalue weighted by atomic mass is 35.5. The fourth-order valence-corrected chi connectivity index (χ4v) is 3.79. The van der Waals surface area contributed by atoms with Crippen LogP contribution < -0.4 is 4.74 Å². The van der Waals surface area contributed by atoms with E-state index in [0.717, 1.165) is 11.1 Å². The van der Waals surface area contributed by atoms with Crippen molar-refractivity contribution in [2.75, 3.05) is 0 Å². The Balaban J connectivity index is 1.57. The van der Waals surface area contributed by atoms with Crippen LogP contribution >= 0.6 is 34.8 Å². The predicted octanol–water partition coefficient (Wildman–Crippen LogP) is 5.38. The maximum absolute atomic E-state index is 9.25. The molecule has 0 bridgehead atoms. The molecule has 0 atom stereocenters. The van der Waals surface area contributed by atoms with Crippen LogP contribution in [0.15, 0.2) is 42.6 Å². The number of fused-ring (bicyclic) bond motifs is 2. The molecule has 8 nitrogen and oxygen atoms in total. The van der Waals surface area contributed by atoms with E-state index in [9.17, 15) is 5.26 Å². The SMILES string of the molecule is N#Cc1cc(Cl)cc(Oc2c(Cl)ccc3c2nnn3Cc2[nH]nc3ncccc23)c1Cl. The second-order valence-corrected chi connectivity index (χ2v) is 7.77. The van der Waals surface area contributed by atoms with Gasteiger partial charge in [-0.15, -0.1) is 5.10 Å². The van der Waals surface area contributed by atoms with Crippen LogP contribution in [0.3, 0.4) is 0 Å². The molecule has 0 aliphatic carbocycles. The number of halogens is 3. The largest absolute Gasteiger partial charge is 0.452 e. The first-order valence-electron chi connectivity index (χ1n) is 8.92. The van der Waals surface area contributed by atoms with Crippen molar-refractivity contribution in [1.29, 1.82) is 5.26 Å². The number of pyridine rings is 1. The first-order valence-corrected chi connectivity index (χ1v) is 10.0. The van der Waals surface area contributed by atoms with Gasteiger partial charge in [-0.3, -0.25) is 5.10 Å². The first-order chi connectivity index (χ1) is 15.0. The summed E-state index contributed by atoms with van der Waals surface area (Å²) < 4.78 is 7.64. The van der Waals surface area contributed by atoms with Gasteiger partial charge in [-0.25, -0.2) is 9.67 Å². The molecule has 1 N–H and O–H groups in total. The summed E-state index contributed by atoms with van der Waals surface area (Å²) in [6.07, 6.45) is 1.68. The van der Waals surface area contributed by atoms with Crippen LogP contribution in [0.4, 0.5) is 0 Å². The fraction of sp³-hybridized carbons (Fsp3) is 0.0500. The number of aromatic nitrogens is 6. The van der Waals surface area contributed by atoms with Crippen molar-refractivity contribution in [3.05, 3.63) is 68.9 Å². The van der Waals surface area contributed by atoms with Crippen molar-refractivity contribution in [3.63, 3.8) is 0 Å². The Bertz CT molecular complexity index is 1500. The molecule has 0 unspecified atom stereocenters. The number of benzene rings is 2. The number of hydrogen-bond donors (Lipinski definition) is 1. The summed E-state index contributed by atoms with van der Waals surface area (Å²) >= 11 is 18.8. The van der Waals surface area contributed by atoms with Crippen molar-refractivity contribution in [2.24, 2.45) is 0 Å². The van der Waals surface area contributed by atoms with E-state index in [2.05, 4.69) is 25.5 Å². The number of aromatic amines is 1. The van der Waals surface area contributed by atoms with Crippen molar-refractivity contribution in [2.45, 2.75) is 6.54 Å². The third-order valence-electron chi connectivity index (χ3n) is 4.65. The number of nitrogens with zero attached hydrogens (tertiary/aromatic N) is 6. The fourth-order valence-electron chi connectivity index (χ4n) is 3.20. The second kappa shape index (κ2) is 7.71. The Morgan fingerprint density at radius 1 is 1.16 bits per heavy atom. The summed E-state index contributed by atoms with van der Waals surface area (Å²) in [4.78, 5) is 4.22. The second-order valence-electron chi connectivity index (χ2n) is 6.55. The molecule has 0 aliphatic rings. The van der Waals surface area contributed by atoms with Gasteiger partial charge in [0.05, 0.1) is 28.3 Å². The topological polar surface area (TPSA) is 105 Å². The zero-order valence-electron chi connectivity index (χ0n) is 15.5. The lowest BCUT2D eigenvalue weighted by molar-refractivity contribution is 0.487. The predicted molar refractivity (Wildman–Crippen MR) is 117 cm³/mol. The van der Waals surface area contributed by atoms with Gasteiger partial charge in [0, 0.05) is 22.7 Å². The van der Waals surface area contributed by atoms with Crippen LogP contribution in [0, 0.1) is 11.3 Å². The molecule has 31 heavy (non-hydrogen) atoms. The smallest absolute Gasteiger partial charge is 0.181 e. The third-order valence-corrected chi connectivity index (χ3v) is 5.55. The minimum Gasteiger partial charge on any atom is -0.452 e. The summed E-state index contributed by atoms with van der Waals surface area (Å²) in [6.45, 7) is 0.385. The average molecular weight is 471 g/mol. The van der Waals surface area contributed by atoms with Gasteiger partial charge in [0.1, 0.15) is 16.8 Å². The van der Waals surface area contributed by atoms with E-state index in [1.54, 1.807) is 23.0 Å². The van der Waals surface area contributed by atoms with Gasteiger partial charge in [-0.05, 0) is 30.3 Å². The molecule has 11 heteroatoms. The summed E-state index contributed by atoms with van der Waals surface area (Å²) in [5.74, 6) is 0.454. The molecule has 0 radical (unpaired) electrons. The van der Waals surface area contributed by atoms with Crippen LogP contribution in [0.1, 0.15) is 11.3 Å². The average Bonchev–Trinajstić information content (AvgIpc) is 3.37. The van der Waals surface area contributed by atoms with E-state index in [1.807, 2.05) is 18.2 Å². The summed E-state index contributed by atoms with van der Waals surface area (Å²) in [7, 11) is 0. The molecule has 0 amide bonds. The van der Waals surface area contributed by atoms with Crippen LogP contribution in [0.25, 0.3) is 22.1 Å². The minimum absolute atomic E-state index is 0.129. The molecule has 5 aromatic rings. The third kappa shape index (κ3) is 3.43. The number of H-pyrrole nitrogens is 1. The number of nitrogens with one attached hydrogen (secondary N) is 1. The Morgan fingerprint density at radius 3 is 2.87 bits per heavy atom. The molecular formula is C20H10Cl3N7O. The molecule has 5 rings (SSSR count). The van der Waals surface area contributed by atoms with Crippen molar-refractivity contribution in [1.82, 2.24) is 30.2 Å². The molecule has 0 saturated carbocycles. The van der Waals surface area contributed by atoms with Crippen LogP contribution in [-0.2, 0) is 6.54 Å². The number of hydrogen-bond acceptors (Lipinski definition) is 6. The van der Waals surface area contributed by atoms with Gasteiger partial charge >= 0.3 is 0 Å². The standard InChI is InChI=1S/C20H10Cl3N7O/c21-11-6-10(8-24)17(23)16(7-11)31-19-13(22)3-4-15-18(19)27-29-30(15)9-14-12-2-1-5-25-20(12)28-26-14/h1-7H,9H2,(H,25,26,28). The lowest BCUT2D eigenvalue weighted by atomic mass is 10.2. The van der Waals surface area contributed by atoms with Crippen molar-refractivity contribution < 1.29 is 4.74 Å². The molecule has 2 aromatic carbocycles. The summed E-state index contributed by atoms with van der Waals surface area (Å²) in [5, 5.41) is 26.6.